The van der Waals surface area contributed by atoms with E-state index in [1.54, 1.807) is 0 Å². The van der Waals surface area contributed by atoms with E-state index in [1.807, 2.05) is 6.08 Å². The Morgan fingerprint density at radius 1 is 1.09 bits per heavy atom. The van der Waals surface area contributed by atoms with Crippen molar-refractivity contribution in [2.24, 2.45) is 0 Å². The van der Waals surface area contributed by atoms with Gasteiger partial charge in [0.05, 0.1) is 0 Å². The topological polar surface area (TPSA) is 15.3 Å². The lowest BCUT2D eigenvalue weighted by Gasteiger charge is -2.27. The van der Waals surface area contributed by atoms with Crippen molar-refractivity contribution in [3.63, 3.8) is 0 Å². The minimum Gasteiger partial charge on any atom is -0.385 e. The first-order chi connectivity index (χ1) is 15.9. The average molecular weight is 447 g/mol. The van der Waals surface area contributed by atoms with Gasteiger partial charge in [0.2, 0.25) is 0 Å². The van der Waals surface area contributed by atoms with Crippen LogP contribution in [-0.2, 0) is 6.42 Å². The van der Waals surface area contributed by atoms with Crippen molar-refractivity contribution in [1.29, 1.82) is 0 Å². The molecule has 2 unspecified atom stereocenters. The molecule has 0 aliphatic carbocycles. The molecule has 0 aromatic heterocycles. The van der Waals surface area contributed by atoms with Gasteiger partial charge < -0.3 is 10.2 Å². The van der Waals surface area contributed by atoms with Gasteiger partial charge in [-0.3, -0.25) is 0 Å². The summed E-state index contributed by atoms with van der Waals surface area (Å²) < 4.78 is 0. The summed E-state index contributed by atoms with van der Waals surface area (Å²) >= 11 is 0. The first kappa shape index (κ1) is 26.8. The average Bonchev–Trinajstić information content (AvgIpc) is 2.84. The summed E-state index contributed by atoms with van der Waals surface area (Å²) in [7, 11) is 2.17. The van der Waals surface area contributed by atoms with Crippen molar-refractivity contribution in [3.05, 3.63) is 83.6 Å². The van der Waals surface area contributed by atoms with E-state index >= 15 is 0 Å². The molecular weight excluding hydrogens is 400 g/mol. The second kappa shape index (κ2) is 13.9. The molecule has 0 radical (unpaired) electrons. The van der Waals surface area contributed by atoms with Crippen LogP contribution >= 0.6 is 0 Å². The Balaban J connectivity index is 1.85. The largest absolute Gasteiger partial charge is 0.385 e. The van der Waals surface area contributed by atoms with Gasteiger partial charge in [-0.05, 0) is 73.8 Å². The molecule has 0 heterocycles. The molecule has 2 aromatic rings. The number of benzene rings is 2. The molecule has 1 N–H and O–H groups in total. The number of nitrogens with zero attached hydrogens (tertiary/aromatic N) is 1. The van der Waals surface area contributed by atoms with E-state index in [1.165, 1.54) is 52.9 Å². The van der Waals surface area contributed by atoms with Gasteiger partial charge in [-0.1, -0.05) is 82.8 Å². The van der Waals surface area contributed by atoms with Crippen LogP contribution in [0.3, 0.4) is 0 Å². The number of rotatable bonds is 15. The predicted molar refractivity (Wildman–Crippen MR) is 148 cm³/mol. The first-order valence-corrected chi connectivity index (χ1v) is 12.9. The highest BCUT2D eigenvalue weighted by molar-refractivity contribution is 5.66. The Hall–Kier alpha value is -2.48. The number of para-hydroxylation sites is 1. The Kier molecular flexibility index (Phi) is 11.3. The summed E-state index contributed by atoms with van der Waals surface area (Å²) in [5, 5.41) is 3.76. The molecule has 0 fully saturated rings. The minimum atomic E-state index is 0.418. The number of hydrogen-bond donors (Lipinski definition) is 1. The summed E-state index contributed by atoms with van der Waals surface area (Å²) in [6.45, 7) is 18.5. The first-order valence-electron chi connectivity index (χ1n) is 12.9. The van der Waals surface area contributed by atoms with Crippen LogP contribution in [0.25, 0.3) is 6.08 Å². The molecule has 2 aromatic carbocycles. The molecule has 0 amide bonds. The van der Waals surface area contributed by atoms with Gasteiger partial charge in [-0.25, -0.2) is 0 Å². The van der Waals surface area contributed by atoms with Crippen molar-refractivity contribution in [3.8, 4) is 0 Å². The highest BCUT2D eigenvalue weighted by Crippen LogP contribution is 2.26. The van der Waals surface area contributed by atoms with Crippen molar-refractivity contribution < 1.29 is 0 Å². The van der Waals surface area contributed by atoms with E-state index in [4.69, 9.17) is 0 Å². The van der Waals surface area contributed by atoms with E-state index in [2.05, 4.69) is 101 Å². The summed E-state index contributed by atoms with van der Waals surface area (Å²) in [5.41, 5.74) is 7.99. The zero-order chi connectivity index (χ0) is 24.2. The van der Waals surface area contributed by atoms with Crippen LogP contribution in [-0.4, -0.2) is 19.6 Å². The molecule has 2 rings (SSSR count). The van der Waals surface area contributed by atoms with E-state index < -0.39 is 0 Å². The Bertz CT molecular complexity index is 882. The Labute approximate surface area is 203 Å². The van der Waals surface area contributed by atoms with Gasteiger partial charge in [-0.15, -0.1) is 0 Å². The smallest absolute Gasteiger partial charge is 0.0436 e. The maximum atomic E-state index is 4.35. The van der Waals surface area contributed by atoms with Crippen molar-refractivity contribution >= 4 is 11.8 Å². The monoisotopic (exact) mass is 446 g/mol. The molecule has 0 bridgehead atoms. The predicted octanol–water partition coefficient (Wildman–Crippen LogP) is 8.27. The van der Waals surface area contributed by atoms with Crippen LogP contribution in [0.4, 0.5) is 5.69 Å². The normalized spacial score (nSPS) is 12.8. The van der Waals surface area contributed by atoms with Crippen LogP contribution in [0.1, 0.15) is 87.5 Å². The maximum Gasteiger partial charge on any atom is 0.0436 e. The van der Waals surface area contributed by atoms with Crippen LogP contribution in [0, 0.1) is 6.92 Å². The molecule has 0 aliphatic heterocycles. The van der Waals surface area contributed by atoms with Gasteiger partial charge in [0.25, 0.3) is 0 Å². The number of nitrogens with one attached hydrogen (secondary N) is 1. The number of aryl methyl sites for hydroxylation is 2. The summed E-state index contributed by atoms with van der Waals surface area (Å²) in [6.07, 6.45) is 10.0. The number of unbranched alkanes of at least 4 members (excludes halogenated alkanes) is 2. The van der Waals surface area contributed by atoms with Crippen LogP contribution in [0.2, 0.25) is 0 Å². The summed E-state index contributed by atoms with van der Waals surface area (Å²) in [4.78, 5) is 2.33. The van der Waals surface area contributed by atoms with E-state index in [-0.39, 0.29) is 0 Å². The van der Waals surface area contributed by atoms with Crippen molar-refractivity contribution in [2.75, 3.05) is 18.5 Å². The summed E-state index contributed by atoms with van der Waals surface area (Å²) in [6, 6.07) is 15.9. The zero-order valence-electron chi connectivity index (χ0n) is 21.8. The fourth-order valence-corrected chi connectivity index (χ4v) is 4.57. The highest BCUT2D eigenvalue weighted by atomic mass is 15.1. The SMILES string of the molecule is C=Cc1ccccc1N(C)CCCCC(=C)NC(CC)C(C)c1ccc(C)c(CCCC)c1. The fraction of sp³-hybridized carbons (Fsp3) is 0.484. The van der Waals surface area contributed by atoms with Gasteiger partial charge >= 0.3 is 0 Å². The second-order valence-electron chi connectivity index (χ2n) is 9.48. The summed E-state index contributed by atoms with van der Waals surface area (Å²) in [5.74, 6) is 0.467. The van der Waals surface area contributed by atoms with Gasteiger partial charge in [0, 0.05) is 36.9 Å². The molecular formula is C31H46N2. The molecule has 0 saturated heterocycles. The number of allylic oxidation sites excluding steroid dienone is 1. The quantitative estimate of drug-likeness (QED) is 0.277. The van der Waals surface area contributed by atoms with Crippen LogP contribution in [0.5, 0.6) is 0 Å². The zero-order valence-corrected chi connectivity index (χ0v) is 21.8. The molecule has 33 heavy (non-hydrogen) atoms. The minimum absolute atomic E-state index is 0.418. The third kappa shape index (κ3) is 8.11. The van der Waals surface area contributed by atoms with Gasteiger partial charge in [0.1, 0.15) is 0 Å². The molecule has 0 spiro atoms. The lowest BCUT2D eigenvalue weighted by molar-refractivity contribution is 0.465. The molecule has 2 heteroatoms. The maximum absolute atomic E-state index is 4.35. The van der Waals surface area contributed by atoms with Crippen LogP contribution < -0.4 is 10.2 Å². The standard InChI is InChI=1S/C31H46N2/c1-8-11-17-28-23-29(21-20-24(28)4)26(6)30(10-3)32-25(5)16-14-15-22-33(7)31-19-13-12-18-27(31)9-2/h9,12-13,18-21,23,26,30,32H,2,5,8,10-11,14-17,22H2,1,3-4,6-7H3. The lowest BCUT2D eigenvalue weighted by atomic mass is 9.88. The van der Waals surface area contributed by atoms with Crippen molar-refractivity contribution in [1.82, 2.24) is 5.32 Å². The Morgan fingerprint density at radius 2 is 1.85 bits per heavy atom. The number of anilines is 1. The van der Waals surface area contributed by atoms with E-state index in [9.17, 15) is 0 Å². The molecule has 180 valence electrons. The van der Waals surface area contributed by atoms with Crippen molar-refractivity contribution in [2.45, 2.75) is 84.6 Å². The number of hydrogen-bond acceptors (Lipinski definition) is 2. The molecule has 2 nitrogen and oxygen atoms in total. The fourth-order valence-electron chi connectivity index (χ4n) is 4.57. The van der Waals surface area contributed by atoms with Crippen LogP contribution in [0.15, 0.2) is 61.3 Å². The molecule has 0 saturated carbocycles. The van der Waals surface area contributed by atoms with Gasteiger partial charge in [0.15, 0.2) is 0 Å². The highest BCUT2D eigenvalue weighted by Gasteiger charge is 2.18. The second-order valence-corrected chi connectivity index (χ2v) is 9.48. The van der Waals surface area contributed by atoms with Gasteiger partial charge in [-0.2, -0.15) is 0 Å². The molecule has 2 atom stereocenters. The molecule has 0 aliphatic rings. The third-order valence-electron chi connectivity index (χ3n) is 6.92. The van der Waals surface area contributed by atoms with E-state index in [0.717, 1.165) is 32.2 Å². The van der Waals surface area contributed by atoms with E-state index in [0.29, 0.717) is 12.0 Å². The lowest BCUT2D eigenvalue weighted by Crippen LogP contribution is -2.32. The third-order valence-corrected chi connectivity index (χ3v) is 6.92. The Morgan fingerprint density at radius 3 is 2.55 bits per heavy atom.